The molecule has 0 atom stereocenters. The number of methoxy groups -OCH3 is 2. The van der Waals surface area contributed by atoms with E-state index in [2.05, 4.69) is 0 Å². The minimum absolute atomic E-state index is 0.0495. The summed E-state index contributed by atoms with van der Waals surface area (Å²) in [7, 11) is 3.20. The average molecular weight is 242 g/mol. The van der Waals surface area contributed by atoms with Crippen LogP contribution in [0.25, 0.3) is 0 Å². The molecule has 2 rings (SSSR count). The van der Waals surface area contributed by atoms with Gasteiger partial charge in [0.15, 0.2) is 11.5 Å². The highest BCUT2D eigenvalue weighted by atomic mass is 35.5. The normalized spacial score (nSPS) is 17.0. The summed E-state index contributed by atoms with van der Waals surface area (Å²) >= 11 is 6.03. The number of rotatable bonds is 4. The van der Waals surface area contributed by atoms with Crippen LogP contribution >= 0.6 is 11.6 Å². The van der Waals surface area contributed by atoms with Gasteiger partial charge < -0.3 is 15.2 Å². The van der Waals surface area contributed by atoms with Gasteiger partial charge in [0.05, 0.1) is 19.2 Å². The molecule has 16 heavy (non-hydrogen) atoms. The van der Waals surface area contributed by atoms with Crippen molar-refractivity contribution in [2.45, 2.75) is 24.8 Å². The third kappa shape index (κ3) is 2.11. The lowest BCUT2D eigenvalue weighted by Crippen LogP contribution is -2.24. The summed E-state index contributed by atoms with van der Waals surface area (Å²) in [4.78, 5) is 0. The Balaban J connectivity index is 2.36. The van der Waals surface area contributed by atoms with Crippen LogP contribution in [0.3, 0.4) is 0 Å². The van der Waals surface area contributed by atoms with Crippen molar-refractivity contribution in [1.29, 1.82) is 0 Å². The van der Waals surface area contributed by atoms with Crippen LogP contribution in [0.5, 0.6) is 11.5 Å². The first-order chi connectivity index (χ1) is 7.59. The molecule has 1 fully saturated rings. The lowest BCUT2D eigenvalue weighted by Gasteiger charge is -2.16. The van der Waals surface area contributed by atoms with Crippen LogP contribution in [0.1, 0.15) is 18.4 Å². The molecule has 0 heterocycles. The molecule has 0 bridgehead atoms. The third-order valence-corrected chi connectivity index (χ3v) is 3.29. The second kappa shape index (κ2) is 4.15. The van der Waals surface area contributed by atoms with Crippen LogP contribution < -0.4 is 15.2 Å². The van der Waals surface area contributed by atoms with E-state index in [1.54, 1.807) is 14.2 Å². The molecule has 1 aliphatic carbocycles. The van der Waals surface area contributed by atoms with E-state index in [0.29, 0.717) is 16.5 Å². The van der Waals surface area contributed by atoms with Gasteiger partial charge in [-0.3, -0.25) is 0 Å². The van der Waals surface area contributed by atoms with Crippen molar-refractivity contribution in [2.75, 3.05) is 14.2 Å². The quantitative estimate of drug-likeness (QED) is 0.881. The maximum absolute atomic E-state index is 6.10. The molecule has 1 aromatic rings. The Morgan fingerprint density at radius 3 is 2.38 bits per heavy atom. The number of hydrogen-bond acceptors (Lipinski definition) is 3. The maximum Gasteiger partial charge on any atom is 0.179 e. The Morgan fingerprint density at radius 1 is 1.25 bits per heavy atom. The summed E-state index contributed by atoms with van der Waals surface area (Å²) in [6.07, 6.45) is 2.95. The summed E-state index contributed by atoms with van der Waals surface area (Å²) in [6, 6.07) is 3.78. The van der Waals surface area contributed by atoms with Gasteiger partial charge in [0.25, 0.3) is 0 Å². The Kier molecular flexibility index (Phi) is 3.00. The monoisotopic (exact) mass is 241 g/mol. The highest BCUT2D eigenvalue weighted by Crippen LogP contribution is 2.43. The van der Waals surface area contributed by atoms with Crippen molar-refractivity contribution in [1.82, 2.24) is 0 Å². The molecule has 1 aromatic carbocycles. The molecule has 0 spiro atoms. The molecule has 0 amide bonds. The second-order valence-electron chi connectivity index (χ2n) is 4.31. The van der Waals surface area contributed by atoms with Crippen molar-refractivity contribution in [2.24, 2.45) is 5.73 Å². The van der Waals surface area contributed by atoms with Crippen molar-refractivity contribution in [3.8, 4) is 11.5 Å². The van der Waals surface area contributed by atoms with Crippen LogP contribution in [0, 0.1) is 0 Å². The van der Waals surface area contributed by atoms with Crippen LogP contribution in [0.4, 0.5) is 0 Å². The zero-order valence-corrected chi connectivity index (χ0v) is 10.3. The van der Waals surface area contributed by atoms with Crippen LogP contribution in [-0.4, -0.2) is 19.8 Å². The molecular formula is C12H16ClNO2. The summed E-state index contributed by atoms with van der Waals surface area (Å²) in [5.41, 5.74) is 7.11. The van der Waals surface area contributed by atoms with E-state index in [0.717, 1.165) is 24.8 Å². The zero-order chi connectivity index (χ0) is 11.8. The average Bonchev–Trinajstić information content (AvgIpc) is 2.98. The molecule has 1 aliphatic rings. The highest BCUT2D eigenvalue weighted by Gasteiger charge is 2.39. The Labute approximate surface area is 100 Å². The van der Waals surface area contributed by atoms with E-state index in [-0.39, 0.29) is 5.54 Å². The molecule has 0 unspecified atom stereocenters. The lowest BCUT2D eigenvalue weighted by atomic mass is 10.0. The molecule has 0 aromatic heterocycles. The molecule has 3 nitrogen and oxygen atoms in total. The minimum Gasteiger partial charge on any atom is -0.493 e. The molecule has 0 radical (unpaired) electrons. The summed E-state index contributed by atoms with van der Waals surface area (Å²) in [5, 5.41) is 0.560. The van der Waals surface area contributed by atoms with E-state index >= 15 is 0 Å². The van der Waals surface area contributed by atoms with Gasteiger partial charge in [-0.15, -0.1) is 0 Å². The first-order valence-electron chi connectivity index (χ1n) is 5.28. The Hall–Kier alpha value is -0.930. The number of ether oxygens (including phenoxy) is 2. The fraction of sp³-hybridized carbons (Fsp3) is 0.500. The Bertz CT molecular complexity index is 402. The van der Waals surface area contributed by atoms with Crippen molar-refractivity contribution >= 4 is 11.6 Å². The van der Waals surface area contributed by atoms with E-state index in [4.69, 9.17) is 26.8 Å². The molecule has 2 N–H and O–H groups in total. The second-order valence-corrected chi connectivity index (χ2v) is 4.72. The predicted octanol–water partition coefficient (Wildman–Crippen LogP) is 2.39. The first-order valence-corrected chi connectivity index (χ1v) is 5.66. The van der Waals surface area contributed by atoms with Gasteiger partial charge in [0, 0.05) is 5.54 Å². The number of hydrogen-bond donors (Lipinski definition) is 1. The molecular weight excluding hydrogens is 226 g/mol. The maximum atomic E-state index is 6.10. The van der Waals surface area contributed by atoms with Gasteiger partial charge >= 0.3 is 0 Å². The van der Waals surface area contributed by atoms with Gasteiger partial charge in [-0.1, -0.05) is 17.7 Å². The third-order valence-electron chi connectivity index (χ3n) is 2.99. The summed E-state index contributed by atoms with van der Waals surface area (Å²) in [5.74, 6) is 1.29. The summed E-state index contributed by atoms with van der Waals surface area (Å²) < 4.78 is 10.6. The molecule has 0 aliphatic heterocycles. The topological polar surface area (TPSA) is 44.5 Å². The largest absolute Gasteiger partial charge is 0.493 e. The van der Waals surface area contributed by atoms with E-state index < -0.39 is 0 Å². The van der Waals surface area contributed by atoms with Gasteiger partial charge in [-0.2, -0.15) is 0 Å². The lowest BCUT2D eigenvalue weighted by molar-refractivity contribution is 0.350. The van der Waals surface area contributed by atoms with Gasteiger partial charge in [0.1, 0.15) is 0 Å². The standard InChI is InChI=1S/C12H16ClNO2/c1-15-10-8(7-12(14)5-6-12)3-4-9(13)11(10)16-2/h3-4H,5-7,14H2,1-2H3. The smallest absolute Gasteiger partial charge is 0.179 e. The fourth-order valence-electron chi connectivity index (χ4n) is 1.85. The fourth-order valence-corrected chi connectivity index (χ4v) is 2.08. The number of halogens is 1. The van der Waals surface area contributed by atoms with Gasteiger partial charge in [-0.05, 0) is 30.9 Å². The van der Waals surface area contributed by atoms with Crippen molar-refractivity contribution < 1.29 is 9.47 Å². The SMILES string of the molecule is COc1c(Cl)ccc(CC2(N)CC2)c1OC. The van der Waals surface area contributed by atoms with Gasteiger partial charge in [-0.25, -0.2) is 0 Å². The zero-order valence-electron chi connectivity index (χ0n) is 9.55. The van der Waals surface area contributed by atoms with Gasteiger partial charge in [0.2, 0.25) is 0 Å². The molecule has 1 saturated carbocycles. The number of benzene rings is 1. The van der Waals surface area contributed by atoms with Crippen molar-refractivity contribution in [3.63, 3.8) is 0 Å². The molecule has 88 valence electrons. The first kappa shape index (κ1) is 11.6. The Morgan fingerprint density at radius 2 is 1.88 bits per heavy atom. The number of nitrogens with two attached hydrogens (primary N) is 1. The van der Waals surface area contributed by atoms with Crippen LogP contribution in [0.15, 0.2) is 12.1 Å². The van der Waals surface area contributed by atoms with Crippen LogP contribution in [0.2, 0.25) is 5.02 Å². The van der Waals surface area contributed by atoms with E-state index in [1.807, 2.05) is 12.1 Å². The predicted molar refractivity (Wildman–Crippen MR) is 64.4 cm³/mol. The summed E-state index contributed by atoms with van der Waals surface area (Å²) in [6.45, 7) is 0. The van der Waals surface area contributed by atoms with E-state index in [1.165, 1.54) is 0 Å². The minimum atomic E-state index is -0.0495. The van der Waals surface area contributed by atoms with Crippen molar-refractivity contribution in [3.05, 3.63) is 22.7 Å². The molecule has 4 heteroatoms. The van der Waals surface area contributed by atoms with E-state index in [9.17, 15) is 0 Å². The molecule has 0 saturated heterocycles. The van der Waals surface area contributed by atoms with Crippen LogP contribution in [-0.2, 0) is 6.42 Å². The highest BCUT2D eigenvalue weighted by molar-refractivity contribution is 6.32.